The van der Waals surface area contributed by atoms with Crippen molar-refractivity contribution in [2.75, 3.05) is 62.9 Å². The molecule has 0 aromatic heterocycles. The lowest BCUT2D eigenvalue weighted by molar-refractivity contribution is -0.132. The Bertz CT molecular complexity index is 1050. The fraction of sp³-hybridized carbons (Fsp3) is 0.710. The maximum absolute atomic E-state index is 13.8. The number of ether oxygens (including phenoxy) is 3. The van der Waals surface area contributed by atoms with Gasteiger partial charge in [0.05, 0.1) is 30.2 Å². The van der Waals surface area contributed by atoms with Crippen LogP contribution in [0.1, 0.15) is 60.8 Å². The van der Waals surface area contributed by atoms with E-state index in [1.165, 1.54) is 0 Å². The summed E-state index contributed by atoms with van der Waals surface area (Å²) in [6, 6.07) is 5.51. The largest absolute Gasteiger partial charge is 0.476 e. The van der Waals surface area contributed by atoms with Gasteiger partial charge >= 0.3 is 0 Å². The third kappa shape index (κ3) is 8.42. The zero-order chi connectivity index (χ0) is 30.2. The van der Waals surface area contributed by atoms with Crippen molar-refractivity contribution in [3.05, 3.63) is 18.2 Å². The quantitative estimate of drug-likeness (QED) is 0.328. The Labute approximate surface area is 245 Å². The minimum absolute atomic E-state index is 0.0397. The normalized spacial score (nSPS) is 20.8. The first kappa shape index (κ1) is 32.8. The predicted molar refractivity (Wildman–Crippen MR) is 160 cm³/mol. The van der Waals surface area contributed by atoms with Crippen LogP contribution in [0, 0.1) is 17.8 Å². The van der Waals surface area contributed by atoms with Gasteiger partial charge in [-0.05, 0) is 71.1 Å². The lowest BCUT2D eigenvalue weighted by Gasteiger charge is -2.39. The number of piperidine rings is 1. The summed E-state index contributed by atoms with van der Waals surface area (Å²) in [5.74, 6) is 0.177. The van der Waals surface area contributed by atoms with Crippen LogP contribution in [0.5, 0.6) is 5.75 Å². The van der Waals surface area contributed by atoms with Crippen LogP contribution in [0.25, 0.3) is 0 Å². The van der Waals surface area contributed by atoms with Gasteiger partial charge in [-0.3, -0.25) is 14.4 Å². The molecule has 3 atom stereocenters. The number of methoxy groups -OCH3 is 1. The van der Waals surface area contributed by atoms with Crippen molar-refractivity contribution in [1.82, 2.24) is 10.6 Å². The van der Waals surface area contributed by atoms with Crippen LogP contribution in [-0.2, 0) is 23.9 Å². The van der Waals surface area contributed by atoms with Crippen molar-refractivity contribution in [3.63, 3.8) is 0 Å². The van der Waals surface area contributed by atoms with Crippen LogP contribution in [0.4, 0.5) is 11.4 Å². The van der Waals surface area contributed by atoms with E-state index in [0.717, 1.165) is 6.42 Å². The topological polar surface area (TPSA) is 109 Å². The number of anilines is 2. The second-order valence-electron chi connectivity index (χ2n) is 11.9. The van der Waals surface area contributed by atoms with E-state index >= 15 is 0 Å². The molecule has 2 aliphatic heterocycles. The molecule has 10 nitrogen and oxygen atoms in total. The third-order valence-electron chi connectivity index (χ3n) is 7.68. The van der Waals surface area contributed by atoms with E-state index in [1.807, 2.05) is 32.0 Å². The number of benzene rings is 1. The summed E-state index contributed by atoms with van der Waals surface area (Å²) in [6.45, 7) is 15.3. The second-order valence-corrected chi connectivity index (χ2v) is 11.9. The highest BCUT2D eigenvalue weighted by atomic mass is 16.5. The third-order valence-corrected chi connectivity index (χ3v) is 7.68. The Balaban J connectivity index is 1.76. The van der Waals surface area contributed by atoms with Crippen molar-refractivity contribution >= 4 is 29.1 Å². The molecule has 1 saturated heterocycles. The van der Waals surface area contributed by atoms with Gasteiger partial charge in [-0.1, -0.05) is 13.8 Å². The van der Waals surface area contributed by atoms with Crippen LogP contribution in [0.2, 0.25) is 0 Å². The second kappa shape index (κ2) is 15.0. The van der Waals surface area contributed by atoms with E-state index in [4.69, 9.17) is 14.2 Å². The van der Waals surface area contributed by atoms with Crippen LogP contribution in [0.3, 0.4) is 0 Å². The minimum Gasteiger partial charge on any atom is -0.476 e. The monoisotopic (exact) mass is 574 g/mol. The molecule has 41 heavy (non-hydrogen) atoms. The van der Waals surface area contributed by atoms with Crippen LogP contribution >= 0.6 is 0 Å². The molecule has 3 rings (SSSR count). The lowest BCUT2D eigenvalue weighted by atomic mass is 9.88. The molecule has 2 N–H and O–H groups in total. The number of carbonyl (C=O) groups is 3. The number of amides is 3. The lowest BCUT2D eigenvalue weighted by Crippen LogP contribution is -2.53. The number of fused-ring (bicyclic) bond motifs is 1. The summed E-state index contributed by atoms with van der Waals surface area (Å²) in [7, 11) is 1.64. The number of rotatable bonds is 14. The standard InChI is InChI=1S/C31H50N4O6/c1-8-34(25-11-12-27-26(17-25)35(13-10-14-39-7)30(38)31(5,6)41-27)29(37)23-16-22(18-32-19-23)28(36)33-24(15-21(3)4)20-40-9-2/h11-12,17,21-24,32H,8-10,13-16,18-20H2,1-7H3,(H,33,36)/t22-,23+,24?/m0/s1. The number of hydrogen-bond donors (Lipinski definition) is 2. The highest BCUT2D eigenvalue weighted by molar-refractivity contribution is 6.04. The summed E-state index contributed by atoms with van der Waals surface area (Å²) in [5.41, 5.74) is 0.366. The van der Waals surface area contributed by atoms with Crippen molar-refractivity contribution < 1.29 is 28.6 Å². The first-order valence-electron chi connectivity index (χ1n) is 15.1. The highest BCUT2D eigenvalue weighted by Gasteiger charge is 2.41. The fourth-order valence-electron chi connectivity index (χ4n) is 5.65. The molecule has 10 heteroatoms. The zero-order valence-electron chi connectivity index (χ0n) is 26.0. The van der Waals surface area contributed by atoms with E-state index in [1.54, 1.807) is 30.8 Å². The van der Waals surface area contributed by atoms with Gasteiger partial charge < -0.3 is 34.6 Å². The Hall–Kier alpha value is -2.69. The molecule has 0 spiro atoms. The average molecular weight is 575 g/mol. The fourth-order valence-corrected chi connectivity index (χ4v) is 5.65. The maximum atomic E-state index is 13.8. The summed E-state index contributed by atoms with van der Waals surface area (Å²) >= 11 is 0. The minimum atomic E-state index is -0.984. The van der Waals surface area contributed by atoms with Gasteiger partial charge in [-0.15, -0.1) is 0 Å². The molecule has 1 unspecified atom stereocenters. The van der Waals surface area contributed by atoms with Crippen LogP contribution in [-0.4, -0.2) is 82.5 Å². The molecule has 0 saturated carbocycles. The molecular weight excluding hydrogens is 524 g/mol. The SMILES string of the molecule is CCOCC(CC(C)C)NC(=O)[C@@H]1CNC[C@H](C(=O)N(CC)c2ccc3c(c2)N(CCCOC)C(=O)C(C)(C)O3)C1. The first-order chi connectivity index (χ1) is 19.5. The van der Waals surface area contributed by atoms with Crippen molar-refractivity contribution in [1.29, 1.82) is 0 Å². The van der Waals surface area contributed by atoms with Crippen molar-refractivity contribution in [2.45, 2.75) is 72.4 Å². The van der Waals surface area contributed by atoms with Gasteiger partial charge in [0.1, 0.15) is 5.75 Å². The number of carbonyl (C=O) groups excluding carboxylic acids is 3. The summed E-state index contributed by atoms with van der Waals surface area (Å²) in [5, 5.41) is 6.48. The molecule has 2 aliphatic rings. The van der Waals surface area contributed by atoms with Gasteiger partial charge in [-0.2, -0.15) is 0 Å². The van der Waals surface area contributed by atoms with E-state index in [0.29, 0.717) is 81.9 Å². The molecule has 1 aromatic rings. The molecular formula is C31H50N4O6. The molecule has 230 valence electrons. The van der Waals surface area contributed by atoms with Gasteiger partial charge in [-0.25, -0.2) is 0 Å². The Morgan fingerprint density at radius 2 is 1.95 bits per heavy atom. The molecule has 0 radical (unpaired) electrons. The zero-order valence-corrected chi connectivity index (χ0v) is 26.0. The van der Waals surface area contributed by atoms with E-state index in [9.17, 15) is 14.4 Å². The van der Waals surface area contributed by atoms with Crippen molar-refractivity contribution in [3.8, 4) is 5.75 Å². The van der Waals surface area contributed by atoms with Gasteiger partial charge in [0, 0.05) is 52.2 Å². The smallest absolute Gasteiger partial charge is 0.270 e. The summed E-state index contributed by atoms with van der Waals surface area (Å²) < 4.78 is 16.8. The predicted octanol–water partition coefficient (Wildman–Crippen LogP) is 3.37. The first-order valence-corrected chi connectivity index (χ1v) is 15.1. The summed E-state index contributed by atoms with van der Waals surface area (Å²) in [6.07, 6.45) is 1.99. The number of hydrogen-bond acceptors (Lipinski definition) is 7. The molecule has 2 heterocycles. The van der Waals surface area contributed by atoms with Gasteiger partial charge in [0.15, 0.2) is 5.60 Å². The molecule has 1 fully saturated rings. The number of nitrogens with one attached hydrogen (secondary N) is 2. The average Bonchev–Trinajstić information content (AvgIpc) is 2.94. The molecule has 0 aliphatic carbocycles. The van der Waals surface area contributed by atoms with Gasteiger partial charge in [0.25, 0.3) is 5.91 Å². The van der Waals surface area contributed by atoms with Crippen LogP contribution < -0.4 is 25.2 Å². The Kier molecular flexibility index (Phi) is 12.0. The molecule has 3 amide bonds. The van der Waals surface area contributed by atoms with Crippen LogP contribution in [0.15, 0.2) is 18.2 Å². The van der Waals surface area contributed by atoms with Crippen molar-refractivity contribution in [2.24, 2.45) is 17.8 Å². The Morgan fingerprint density at radius 1 is 1.22 bits per heavy atom. The van der Waals surface area contributed by atoms with E-state index in [-0.39, 0.29) is 35.6 Å². The molecule has 0 bridgehead atoms. The number of nitrogens with zero attached hydrogens (tertiary/aromatic N) is 2. The molecule has 1 aromatic carbocycles. The highest BCUT2D eigenvalue weighted by Crippen LogP contribution is 2.40. The maximum Gasteiger partial charge on any atom is 0.270 e. The van der Waals surface area contributed by atoms with E-state index < -0.39 is 5.60 Å². The Morgan fingerprint density at radius 3 is 2.61 bits per heavy atom. The van der Waals surface area contributed by atoms with Gasteiger partial charge in [0.2, 0.25) is 11.8 Å². The summed E-state index contributed by atoms with van der Waals surface area (Å²) in [4.78, 5) is 43.8. The van der Waals surface area contributed by atoms with E-state index in [2.05, 4.69) is 24.5 Å².